The molecule has 1 atom stereocenters. The van der Waals surface area contributed by atoms with Crippen molar-refractivity contribution in [3.8, 4) is 0 Å². The average Bonchev–Trinajstić information content (AvgIpc) is 3.30. The Kier molecular flexibility index (Phi) is 5.13. The highest BCUT2D eigenvalue weighted by Gasteiger charge is 2.42. The summed E-state index contributed by atoms with van der Waals surface area (Å²) in [6, 6.07) is 8.12. The van der Waals surface area contributed by atoms with Gasteiger partial charge < -0.3 is 14.7 Å². The van der Waals surface area contributed by atoms with E-state index in [2.05, 4.69) is 6.07 Å². The molecular formula is C23H31N3O3. The van der Waals surface area contributed by atoms with Crippen molar-refractivity contribution in [2.45, 2.75) is 52.0 Å². The highest BCUT2D eigenvalue weighted by molar-refractivity contribution is 5.97. The van der Waals surface area contributed by atoms with E-state index < -0.39 is 0 Å². The lowest BCUT2D eigenvalue weighted by Gasteiger charge is -2.35. The van der Waals surface area contributed by atoms with Gasteiger partial charge >= 0.3 is 0 Å². The van der Waals surface area contributed by atoms with Crippen LogP contribution in [-0.4, -0.2) is 59.2 Å². The summed E-state index contributed by atoms with van der Waals surface area (Å²) >= 11 is 0. The van der Waals surface area contributed by atoms with Crippen LogP contribution in [-0.2, 0) is 20.8 Å². The van der Waals surface area contributed by atoms with E-state index in [-0.39, 0.29) is 35.1 Å². The molecule has 2 fully saturated rings. The molecule has 2 saturated heterocycles. The zero-order valence-corrected chi connectivity index (χ0v) is 17.7. The Morgan fingerprint density at radius 3 is 2.31 bits per heavy atom. The van der Waals surface area contributed by atoms with Gasteiger partial charge in [0, 0.05) is 49.7 Å². The van der Waals surface area contributed by atoms with E-state index in [0.29, 0.717) is 38.9 Å². The maximum absolute atomic E-state index is 13.1. The van der Waals surface area contributed by atoms with Gasteiger partial charge in [0.1, 0.15) is 0 Å². The molecule has 1 unspecified atom stereocenters. The van der Waals surface area contributed by atoms with Crippen molar-refractivity contribution in [2.75, 3.05) is 31.1 Å². The number of hydrogen-bond donors (Lipinski definition) is 0. The van der Waals surface area contributed by atoms with Crippen molar-refractivity contribution in [3.05, 3.63) is 29.8 Å². The summed E-state index contributed by atoms with van der Waals surface area (Å²) in [5.74, 6) is 0.0501. The van der Waals surface area contributed by atoms with Gasteiger partial charge in [-0.25, -0.2) is 0 Å². The van der Waals surface area contributed by atoms with Gasteiger partial charge in [0.2, 0.25) is 17.7 Å². The highest BCUT2D eigenvalue weighted by Crippen LogP contribution is 2.32. The molecular weight excluding hydrogens is 366 g/mol. The van der Waals surface area contributed by atoms with Crippen molar-refractivity contribution < 1.29 is 14.4 Å². The SMILES string of the molecule is CC(C)(C)N1CC(C(=O)N2CCC(C(=O)N3CCc4ccccc43)CC2)CC1=O. The van der Waals surface area contributed by atoms with E-state index in [1.165, 1.54) is 5.56 Å². The molecule has 1 aromatic rings. The zero-order chi connectivity index (χ0) is 20.8. The first kappa shape index (κ1) is 19.9. The van der Waals surface area contributed by atoms with Crippen LogP contribution in [0.3, 0.4) is 0 Å². The Hall–Kier alpha value is -2.37. The molecule has 156 valence electrons. The third-order valence-electron chi connectivity index (χ3n) is 6.59. The molecule has 0 spiro atoms. The zero-order valence-electron chi connectivity index (χ0n) is 17.7. The van der Waals surface area contributed by atoms with Gasteiger partial charge in [-0.15, -0.1) is 0 Å². The molecule has 3 heterocycles. The van der Waals surface area contributed by atoms with Gasteiger partial charge in [-0.1, -0.05) is 18.2 Å². The molecule has 0 radical (unpaired) electrons. The lowest BCUT2D eigenvalue weighted by Crippen LogP contribution is -2.47. The number of likely N-dealkylation sites (tertiary alicyclic amines) is 2. The van der Waals surface area contributed by atoms with Crippen molar-refractivity contribution in [1.29, 1.82) is 0 Å². The number of carbonyl (C=O) groups excluding carboxylic acids is 3. The highest BCUT2D eigenvalue weighted by atomic mass is 16.2. The fourth-order valence-electron chi connectivity index (χ4n) is 4.91. The smallest absolute Gasteiger partial charge is 0.230 e. The third-order valence-corrected chi connectivity index (χ3v) is 6.59. The first-order valence-electron chi connectivity index (χ1n) is 10.7. The molecule has 3 aliphatic heterocycles. The van der Waals surface area contributed by atoms with Gasteiger partial charge in [0.05, 0.1) is 5.92 Å². The second-order valence-corrected chi connectivity index (χ2v) is 9.54. The van der Waals surface area contributed by atoms with Gasteiger partial charge in [0.15, 0.2) is 0 Å². The molecule has 4 rings (SSSR count). The lowest BCUT2D eigenvalue weighted by molar-refractivity contribution is -0.138. The van der Waals surface area contributed by atoms with E-state index in [1.54, 1.807) is 0 Å². The standard InChI is InChI=1S/C23H31N3O3/c1-23(2,3)26-15-18(14-20(26)27)21(28)24-11-8-17(9-12-24)22(29)25-13-10-16-6-4-5-7-19(16)25/h4-7,17-18H,8-15H2,1-3H3. The molecule has 3 amide bonds. The number of nitrogens with zero attached hydrogens (tertiary/aromatic N) is 3. The molecule has 0 aliphatic carbocycles. The first-order chi connectivity index (χ1) is 13.8. The minimum atomic E-state index is -0.252. The van der Waals surface area contributed by atoms with Crippen LogP contribution < -0.4 is 4.90 Å². The summed E-state index contributed by atoms with van der Waals surface area (Å²) in [5, 5.41) is 0. The van der Waals surface area contributed by atoms with Gasteiger partial charge in [-0.3, -0.25) is 14.4 Å². The summed E-state index contributed by atoms with van der Waals surface area (Å²) in [7, 11) is 0. The Morgan fingerprint density at radius 1 is 0.966 bits per heavy atom. The summed E-state index contributed by atoms with van der Waals surface area (Å²) in [6.45, 7) is 8.48. The van der Waals surface area contributed by atoms with Gasteiger partial charge in [-0.2, -0.15) is 0 Å². The van der Waals surface area contributed by atoms with Crippen molar-refractivity contribution in [1.82, 2.24) is 9.80 Å². The number of carbonyl (C=O) groups is 3. The fraction of sp³-hybridized carbons (Fsp3) is 0.609. The van der Waals surface area contributed by atoms with E-state index in [9.17, 15) is 14.4 Å². The van der Waals surface area contributed by atoms with Crippen LogP contribution in [0.5, 0.6) is 0 Å². The maximum atomic E-state index is 13.1. The predicted molar refractivity (Wildman–Crippen MR) is 111 cm³/mol. The Bertz CT molecular complexity index is 821. The second kappa shape index (κ2) is 7.47. The summed E-state index contributed by atoms with van der Waals surface area (Å²) in [5.41, 5.74) is 2.03. The summed E-state index contributed by atoms with van der Waals surface area (Å²) in [4.78, 5) is 44.0. The first-order valence-corrected chi connectivity index (χ1v) is 10.7. The Labute approximate surface area is 172 Å². The molecule has 0 bridgehead atoms. The minimum Gasteiger partial charge on any atom is -0.342 e. The topological polar surface area (TPSA) is 60.9 Å². The normalized spacial score (nSPS) is 22.9. The monoisotopic (exact) mass is 397 g/mol. The number of benzene rings is 1. The molecule has 3 aliphatic rings. The van der Waals surface area contributed by atoms with Crippen LogP contribution in [0.1, 0.15) is 45.6 Å². The van der Waals surface area contributed by atoms with E-state index in [0.717, 1.165) is 18.7 Å². The van der Waals surface area contributed by atoms with Crippen LogP contribution in [0.2, 0.25) is 0 Å². The minimum absolute atomic E-state index is 0.0264. The van der Waals surface area contributed by atoms with Crippen molar-refractivity contribution in [2.24, 2.45) is 11.8 Å². The number of hydrogen-bond acceptors (Lipinski definition) is 3. The Balaban J connectivity index is 1.34. The van der Waals surface area contributed by atoms with Crippen LogP contribution in [0.15, 0.2) is 24.3 Å². The number of fused-ring (bicyclic) bond motifs is 1. The van der Waals surface area contributed by atoms with Crippen LogP contribution in [0.4, 0.5) is 5.69 Å². The fourth-order valence-corrected chi connectivity index (χ4v) is 4.91. The van der Waals surface area contributed by atoms with Crippen LogP contribution >= 0.6 is 0 Å². The number of amides is 3. The predicted octanol–water partition coefficient (Wildman–Crippen LogP) is 2.46. The lowest BCUT2D eigenvalue weighted by atomic mass is 9.94. The van der Waals surface area contributed by atoms with Crippen molar-refractivity contribution in [3.63, 3.8) is 0 Å². The largest absolute Gasteiger partial charge is 0.342 e. The number of para-hydroxylation sites is 1. The molecule has 6 heteroatoms. The maximum Gasteiger partial charge on any atom is 0.230 e. The van der Waals surface area contributed by atoms with E-state index in [4.69, 9.17) is 0 Å². The third kappa shape index (κ3) is 3.77. The number of rotatable bonds is 2. The van der Waals surface area contributed by atoms with Gasteiger partial charge in [0.25, 0.3) is 0 Å². The number of piperidine rings is 1. The van der Waals surface area contributed by atoms with E-state index >= 15 is 0 Å². The van der Waals surface area contributed by atoms with Crippen LogP contribution in [0.25, 0.3) is 0 Å². The second-order valence-electron chi connectivity index (χ2n) is 9.54. The molecule has 6 nitrogen and oxygen atoms in total. The van der Waals surface area contributed by atoms with Crippen molar-refractivity contribution >= 4 is 23.4 Å². The summed E-state index contributed by atoms with van der Waals surface area (Å²) in [6.07, 6.45) is 2.62. The summed E-state index contributed by atoms with van der Waals surface area (Å²) < 4.78 is 0. The van der Waals surface area contributed by atoms with Gasteiger partial charge in [-0.05, 0) is 51.7 Å². The molecule has 0 saturated carbocycles. The molecule has 1 aromatic carbocycles. The Morgan fingerprint density at radius 2 is 1.66 bits per heavy atom. The average molecular weight is 398 g/mol. The molecule has 0 N–H and O–H groups in total. The molecule has 0 aromatic heterocycles. The quantitative estimate of drug-likeness (QED) is 0.770. The number of anilines is 1. The molecule has 29 heavy (non-hydrogen) atoms. The van der Waals surface area contributed by atoms with Crippen LogP contribution in [0, 0.1) is 11.8 Å². The van der Waals surface area contributed by atoms with E-state index in [1.807, 2.05) is 53.7 Å².